The zero-order valence-corrected chi connectivity index (χ0v) is 17.6. The van der Waals surface area contributed by atoms with Crippen molar-refractivity contribution >= 4 is 11.3 Å². The van der Waals surface area contributed by atoms with Crippen molar-refractivity contribution < 1.29 is 31.1 Å². The predicted molar refractivity (Wildman–Crippen MR) is 114 cm³/mol. The summed E-state index contributed by atoms with van der Waals surface area (Å²) in [5.41, 5.74) is 0.696. The van der Waals surface area contributed by atoms with Gasteiger partial charge in [-0.3, -0.25) is 0 Å². The second kappa shape index (κ2) is 7.86. The van der Waals surface area contributed by atoms with Crippen molar-refractivity contribution in [3.8, 4) is 5.75 Å². The molecule has 1 unspecified atom stereocenters. The molecular weight excluding hydrogens is 444 g/mol. The van der Waals surface area contributed by atoms with Crippen LogP contribution in [0.15, 0.2) is 72.8 Å². The molecule has 0 saturated heterocycles. The molecule has 1 aliphatic rings. The number of alkyl halides is 6. The summed E-state index contributed by atoms with van der Waals surface area (Å²) in [7, 11) is 1.51. The highest BCUT2D eigenvalue weighted by atomic mass is 19.4. The highest BCUT2D eigenvalue weighted by molar-refractivity contribution is 5.90. The van der Waals surface area contributed by atoms with Crippen LogP contribution < -0.4 is 10.1 Å². The minimum absolute atomic E-state index is 0.550. The van der Waals surface area contributed by atoms with Crippen molar-refractivity contribution in [2.45, 2.75) is 24.8 Å². The maximum absolute atomic E-state index is 13.0. The Bertz CT molecular complexity index is 1190. The summed E-state index contributed by atoms with van der Waals surface area (Å²) < 4.78 is 83.4. The van der Waals surface area contributed by atoms with Crippen molar-refractivity contribution in [1.82, 2.24) is 0 Å². The monoisotopic (exact) mass is 463 g/mol. The Labute approximate surface area is 186 Å². The predicted octanol–water partition coefficient (Wildman–Crippen LogP) is 7.51. The van der Waals surface area contributed by atoms with E-state index in [0.29, 0.717) is 28.1 Å². The molecule has 8 heteroatoms. The molecule has 0 aromatic heterocycles. The Kier molecular flexibility index (Phi) is 5.42. The third-order valence-electron chi connectivity index (χ3n) is 5.68. The molecule has 0 amide bonds. The topological polar surface area (TPSA) is 21.3 Å². The molecule has 0 bridgehead atoms. The van der Waals surface area contributed by atoms with Crippen LogP contribution in [0.2, 0.25) is 0 Å². The quantitative estimate of drug-likeness (QED) is 0.406. The molecule has 0 fully saturated rings. The average molecular weight is 463 g/mol. The molecule has 0 radical (unpaired) electrons. The van der Waals surface area contributed by atoms with Gasteiger partial charge in [-0.25, -0.2) is 0 Å². The molecule has 172 valence electrons. The van der Waals surface area contributed by atoms with Crippen LogP contribution in [0.3, 0.4) is 0 Å². The van der Waals surface area contributed by atoms with Crippen LogP contribution in [0.25, 0.3) is 5.57 Å². The maximum Gasteiger partial charge on any atom is 0.416 e. The highest BCUT2D eigenvalue weighted by Gasteiger charge is 2.35. The molecule has 4 rings (SSSR count). The maximum atomic E-state index is 13.0. The summed E-state index contributed by atoms with van der Waals surface area (Å²) in [5, 5.41) is 3.34. The first-order valence-corrected chi connectivity index (χ1v) is 9.95. The lowest BCUT2D eigenvalue weighted by atomic mass is 9.81. The molecule has 0 saturated carbocycles. The summed E-state index contributed by atoms with van der Waals surface area (Å²) in [5.74, 6) is 0.560. The van der Waals surface area contributed by atoms with Gasteiger partial charge in [-0.2, -0.15) is 26.3 Å². The zero-order valence-electron chi connectivity index (χ0n) is 17.6. The van der Waals surface area contributed by atoms with E-state index in [2.05, 4.69) is 5.32 Å². The van der Waals surface area contributed by atoms with E-state index in [4.69, 9.17) is 4.74 Å². The molecule has 3 aromatic carbocycles. The number of hydrogen-bond acceptors (Lipinski definition) is 2. The van der Waals surface area contributed by atoms with E-state index in [1.54, 1.807) is 25.1 Å². The largest absolute Gasteiger partial charge is 0.497 e. The highest BCUT2D eigenvalue weighted by Crippen LogP contribution is 2.44. The minimum Gasteiger partial charge on any atom is -0.497 e. The summed E-state index contributed by atoms with van der Waals surface area (Å²) in [6.45, 7) is 1.79. The fraction of sp³-hybridized carbons (Fsp3) is 0.200. The van der Waals surface area contributed by atoms with Gasteiger partial charge in [0.15, 0.2) is 0 Å². The smallest absolute Gasteiger partial charge is 0.416 e. The van der Waals surface area contributed by atoms with Gasteiger partial charge >= 0.3 is 12.4 Å². The van der Waals surface area contributed by atoms with Crippen LogP contribution in [0, 0.1) is 0 Å². The van der Waals surface area contributed by atoms with E-state index >= 15 is 0 Å². The number of ether oxygens (including phenoxy) is 1. The Morgan fingerprint density at radius 1 is 0.758 bits per heavy atom. The fourth-order valence-corrected chi connectivity index (χ4v) is 3.91. The van der Waals surface area contributed by atoms with Gasteiger partial charge < -0.3 is 10.1 Å². The Morgan fingerprint density at radius 3 is 1.82 bits per heavy atom. The Hall–Kier alpha value is -3.42. The molecule has 1 atom stereocenters. The molecule has 2 nitrogen and oxygen atoms in total. The summed E-state index contributed by atoms with van der Waals surface area (Å²) in [4.78, 5) is 0. The average Bonchev–Trinajstić information content (AvgIpc) is 2.77. The van der Waals surface area contributed by atoms with E-state index in [1.165, 1.54) is 31.4 Å². The summed E-state index contributed by atoms with van der Waals surface area (Å²) in [6, 6.07) is 14.9. The lowest BCUT2D eigenvalue weighted by molar-refractivity contribution is -0.138. The number of nitrogens with one attached hydrogen (secondary N) is 1. The van der Waals surface area contributed by atoms with Gasteiger partial charge in [-0.15, -0.1) is 0 Å². The van der Waals surface area contributed by atoms with Gasteiger partial charge in [-0.1, -0.05) is 24.3 Å². The minimum atomic E-state index is -4.46. The number of rotatable bonds is 3. The summed E-state index contributed by atoms with van der Waals surface area (Å²) in [6.07, 6.45) is -7.10. The fourth-order valence-electron chi connectivity index (χ4n) is 3.91. The SMILES string of the molecule is COc1ccc2c(c1)NC(C)(c1ccc(C(F)(F)F)cc1)C=C2c1ccc(C(F)(F)F)cc1. The van der Waals surface area contributed by atoms with Crippen LogP contribution in [-0.4, -0.2) is 7.11 Å². The molecule has 33 heavy (non-hydrogen) atoms. The van der Waals surface area contributed by atoms with Gasteiger partial charge in [0.25, 0.3) is 0 Å². The summed E-state index contributed by atoms with van der Waals surface area (Å²) >= 11 is 0. The van der Waals surface area contributed by atoms with Gasteiger partial charge in [0, 0.05) is 17.3 Å². The zero-order chi connectivity index (χ0) is 24.0. The number of fused-ring (bicyclic) bond motifs is 1. The van der Waals surface area contributed by atoms with E-state index in [1.807, 2.05) is 6.08 Å². The second-order valence-corrected chi connectivity index (χ2v) is 7.95. The van der Waals surface area contributed by atoms with Crippen LogP contribution in [0.5, 0.6) is 5.75 Å². The second-order valence-electron chi connectivity index (χ2n) is 7.95. The van der Waals surface area contributed by atoms with E-state index in [9.17, 15) is 26.3 Å². The normalized spacial score (nSPS) is 18.2. The van der Waals surface area contributed by atoms with Gasteiger partial charge in [0.05, 0.1) is 23.8 Å². The molecule has 1 heterocycles. The van der Waals surface area contributed by atoms with Crippen molar-refractivity contribution in [2.75, 3.05) is 12.4 Å². The number of methoxy groups -OCH3 is 1. The third kappa shape index (κ3) is 4.42. The van der Waals surface area contributed by atoms with E-state index in [-0.39, 0.29) is 0 Å². The Morgan fingerprint density at radius 2 is 1.30 bits per heavy atom. The molecule has 3 aromatic rings. The van der Waals surface area contributed by atoms with Crippen LogP contribution in [0.4, 0.5) is 32.0 Å². The van der Waals surface area contributed by atoms with Crippen molar-refractivity contribution in [1.29, 1.82) is 0 Å². The van der Waals surface area contributed by atoms with E-state index < -0.39 is 29.0 Å². The molecule has 1 N–H and O–H groups in total. The van der Waals surface area contributed by atoms with Crippen molar-refractivity contribution in [3.05, 3.63) is 101 Å². The number of anilines is 1. The van der Waals surface area contributed by atoms with Gasteiger partial charge in [-0.05, 0) is 66.1 Å². The van der Waals surface area contributed by atoms with Crippen LogP contribution in [-0.2, 0) is 17.9 Å². The third-order valence-corrected chi connectivity index (χ3v) is 5.68. The molecule has 1 aliphatic heterocycles. The van der Waals surface area contributed by atoms with Crippen LogP contribution >= 0.6 is 0 Å². The van der Waals surface area contributed by atoms with Gasteiger partial charge in [0.1, 0.15) is 5.75 Å². The standard InChI is InChI=1S/C25H19F6NO/c1-23(16-7-9-18(10-8-16)25(29,30)31)14-21(15-3-5-17(6-4-15)24(26,27)28)20-12-11-19(33-2)13-22(20)32-23/h3-14,32H,1-2H3. The van der Waals surface area contributed by atoms with E-state index in [0.717, 1.165) is 29.8 Å². The first-order valence-electron chi connectivity index (χ1n) is 9.95. The number of halogens is 6. The Balaban J connectivity index is 1.84. The lowest BCUT2D eigenvalue weighted by Gasteiger charge is -2.36. The lowest BCUT2D eigenvalue weighted by Crippen LogP contribution is -2.33. The van der Waals surface area contributed by atoms with Crippen LogP contribution in [0.1, 0.15) is 34.7 Å². The molecule has 0 spiro atoms. The molecule has 0 aliphatic carbocycles. The van der Waals surface area contributed by atoms with Crippen molar-refractivity contribution in [3.63, 3.8) is 0 Å². The number of hydrogen-bond donors (Lipinski definition) is 1. The first kappa shape index (κ1) is 22.8. The number of benzene rings is 3. The van der Waals surface area contributed by atoms with Crippen molar-refractivity contribution in [2.24, 2.45) is 0 Å². The first-order chi connectivity index (χ1) is 15.4. The molecular formula is C25H19F6NO. The van der Waals surface area contributed by atoms with Gasteiger partial charge in [0.2, 0.25) is 0 Å².